The van der Waals surface area contributed by atoms with E-state index in [-0.39, 0.29) is 5.79 Å². The summed E-state index contributed by atoms with van der Waals surface area (Å²) in [6.07, 6.45) is 0. The Morgan fingerprint density at radius 1 is 0.933 bits per heavy atom. The van der Waals surface area contributed by atoms with Gasteiger partial charge < -0.3 is 9.47 Å². The third-order valence-electron chi connectivity index (χ3n) is 6.53. The summed E-state index contributed by atoms with van der Waals surface area (Å²) in [4.78, 5) is 12.1. The second kappa shape index (κ2) is 1.61. The lowest BCUT2D eigenvalue weighted by Crippen LogP contribution is -2.61. The van der Waals surface area contributed by atoms with Gasteiger partial charge >= 0.3 is 0 Å². The number of hydrogen-bond acceptors (Lipinski definition) is 3. The van der Waals surface area contributed by atoms with Crippen LogP contribution >= 0.6 is 0 Å². The van der Waals surface area contributed by atoms with Crippen LogP contribution in [0.2, 0.25) is 0 Å². The summed E-state index contributed by atoms with van der Waals surface area (Å²) in [7, 11) is 0. The monoisotopic (exact) mass is 204 g/mol. The number of carbonyl (C=O) groups is 1. The normalized spacial score (nSPS) is 72.9. The van der Waals surface area contributed by atoms with Crippen LogP contribution in [0, 0.1) is 47.3 Å². The molecule has 8 atom stereocenters. The molecule has 3 nitrogen and oxygen atoms in total. The van der Waals surface area contributed by atoms with Gasteiger partial charge in [-0.05, 0) is 23.7 Å². The van der Waals surface area contributed by atoms with Crippen LogP contribution in [0.25, 0.3) is 0 Å². The summed E-state index contributed by atoms with van der Waals surface area (Å²) in [6, 6.07) is 0. The van der Waals surface area contributed by atoms with Gasteiger partial charge in [-0.1, -0.05) is 0 Å². The van der Waals surface area contributed by atoms with Crippen molar-refractivity contribution in [2.24, 2.45) is 47.3 Å². The molecular formula is C12H12O3. The van der Waals surface area contributed by atoms with E-state index in [0.29, 0.717) is 41.3 Å². The summed E-state index contributed by atoms with van der Waals surface area (Å²) >= 11 is 0. The van der Waals surface area contributed by atoms with Crippen LogP contribution in [0.3, 0.4) is 0 Å². The number of rotatable bonds is 0. The van der Waals surface area contributed by atoms with Gasteiger partial charge in [0.25, 0.3) is 0 Å². The molecule has 0 aromatic heterocycles. The first-order valence-electron chi connectivity index (χ1n) is 6.18. The van der Waals surface area contributed by atoms with Gasteiger partial charge in [-0.15, -0.1) is 0 Å². The summed E-state index contributed by atoms with van der Waals surface area (Å²) in [5, 5.41) is 0. The van der Waals surface area contributed by atoms with Crippen molar-refractivity contribution in [1.29, 1.82) is 0 Å². The molecule has 0 unspecified atom stereocenters. The van der Waals surface area contributed by atoms with E-state index in [1.165, 1.54) is 0 Å². The molecule has 0 amide bonds. The lowest BCUT2D eigenvalue weighted by molar-refractivity contribution is -0.225. The van der Waals surface area contributed by atoms with Crippen LogP contribution < -0.4 is 0 Å². The minimum atomic E-state index is -0.276. The fourth-order valence-corrected chi connectivity index (χ4v) is 6.65. The van der Waals surface area contributed by atoms with Crippen LogP contribution in [-0.4, -0.2) is 24.8 Å². The molecule has 7 rings (SSSR count). The molecule has 7 fully saturated rings. The van der Waals surface area contributed by atoms with E-state index in [0.717, 1.165) is 25.0 Å². The molecule has 3 heteroatoms. The van der Waals surface area contributed by atoms with E-state index in [9.17, 15) is 4.79 Å². The summed E-state index contributed by atoms with van der Waals surface area (Å²) in [5.74, 6) is 5.07. The molecule has 15 heavy (non-hydrogen) atoms. The van der Waals surface area contributed by atoms with E-state index in [4.69, 9.17) is 9.47 Å². The van der Waals surface area contributed by atoms with Crippen LogP contribution in [0.4, 0.5) is 0 Å². The molecule has 6 aliphatic carbocycles. The van der Waals surface area contributed by atoms with Gasteiger partial charge in [-0.25, -0.2) is 0 Å². The molecule has 1 aliphatic heterocycles. The smallest absolute Gasteiger partial charge is 0.175 e. The molecule has 0 radical (unpaired) electrons. The van der Waals surface area contributed by atoms with Gasteiger partial charge in [-0.3, -0.25) is 4.79 Å². The van der Waals surface area contributed by atoms with Gasteiger partial charge in [0.1, 0.15) is 5.78 Å². The second-order valence-electron chi connectivity index (χ2n) is 6.23. The van der Waals surface area contributed by atoms with Crippen molar-refractivity contribution in [2.45, 2.75) is 5.79 Å². The first-order valence-corrected chi connectivity index (χ1v) is 6.18. The molecule has 7 aliphatic rings. The van der Waals surface area contributed by atoms with Crippen LogP contribution in [0.5, 0.6) is 0 Å². The zero-order valence-electron chi connectivity index (χ0n) is 8.26. The van der Waals surface area contributed by atoms with E-state index in [2.05, 4.69) is 0 Å². The van der Waals surface area contributed by atoms with Crippen molar-refractivity contribution in [2.75, 3.05) is 13.2 Å². The number of Topliss-reactive ketones (excluding diaryl/α,β-unsaturated/α-hetero) is 1. The van der Waals surface area contributed by atoms with Gasteiger partial charge in [0.05, 0.1) is 13.2 Å². The molecular weight excluding hydrogens is 192 g/mol. The van der Waals surface area contributed by atoms with Gasteiger partial charge in [0.15, 0.2) is 5.79 Å². The topological polar surface area (TPSA) is 35.5 Å². The van der Waals surface area contributed by atoms with Crippen molar-refractivity contribution in [3.05, 3.63) is 0 Å². The van der Waals surface area contributed by atoms with E-state index in [1.807, 2.05) is 0 Å². The van der Waals surface area contributed by atoms with E-state index < -0.39 is 0 Å². The highest BCUT2D eigenvalue weighted by Gasteiger charge is 2.95. The minimum Gasteiger partial charge on any atom is -0.347 e. The van der Waals surface area contributed by atoms with Crippen LogP contribution in [0.15, 0.2) is 0 Å². The Balaban J connectivity index is 1.66. The maximum atomic E-state index is 12.1. The van der Waals surface area contributed by atoms with Gasteiger partial charge in [0, 0.05) is 23.7 Å². The fraction of sp³-hybridized carbons (Fsp3) is 0.917. The molecule has 4 bridgehead atoms. The Morgan fingerprint density at radius 3 is 2.33 bits per heavy atom. The summed E-state index contributed by atoms with van der Waals surface area (Å²) < 4.78 is 11.9. The molecule has 0 aromatic carbocycles. The number of carbonyl (C=O) groups excluding carboxylic acids is 1. The van der Waals surface area contributed by atoms with Gasteiger partial charge in [-0.2, -0.15) is 0 Å². The van der Waals surface area contributed by atoms with Crippen LogP contribution in [0.1, 0.15) is 0 Å². The van der Waals surface area contributed by atoms with Crippen molar-refractivity contribution in [1.82, 2.24) is 0 Å². The Bertz CT molecular complexity index is 425. The highest BCUT2D eigenvalue weighted by Crippen LogP contribution is 2.90. The van der Waals surface area contributed by atoms with Crippen LogP contribution in [-0.2, 0) is 14.3 Å². The van der Waals surface area contributed by atoms with Crippen molar-refractivity contribution >= 4 is 5.78 Å². The molecule has 1 heterocycles. The molecule has 78 valence electrons. The Hall–Kier alpha value is -0.410. The quantitative estimate of drug-likeness (QED) is 0.569. The molecule has 1 saturated heterocycles. The van der Waals surface area contributed by atoms with Crippen molar-refractivity contribution < 1.29 is 14.3 Å². The Labute approximate surface area is 87.1 Å². The minimum absolute atomic E-state index is 0.276. The Kier molecular flexibility index (Phi) is 0.753. The zero-order chi connectivity index (χ0) is 9.52. The predicted octanol–water partition coefficient (Wildman–Crippen LogP) is 0.296. The Morgan fingerprint density at radius 2 is 1.67 bits per heavy atom. The molecule has 0 N–H and O–H groups in total. The first kappa shape index (κ1) is 7.02. The SMILES string of the molecule is O=C1[C@@H]2[C@@H]3[C@H]4[C@@H]2[C@H]2[C@H]1[C@@H]3[C@@H]4C21OCCO1. The highest BCUT2D eigenvalue weighted by molar-refractivity contribution is 5.94. The van der Waals surface area contributed by atoms with E-state index >= 15 is 0 Å². The number of ether oxygens (including phenoxy) is 2. The molecule has 0 aromatic rings. The zero-order valence-corrected chi connectivity index (χ0v) is 8.26. The lowest BCUT2D eigenvalue weighted by atomic mass is 9.41. The molecule has 1 spiro atoms. The molecule has 6 saturated carbocycles. The summed E-state index contributed by atoms with van der Waals surface area (Å²) in [6.45, 7) is 1.49. The number of ketones is 1. The first-order chi connectivity index (χ1) is 7.36. The number of hydrogen-bond donors (Lipinski definition) is 0. The third-order valence-corrected chi connectivity index (χ3v) is 6.53. The maximum absolute atomic E-state index is 12.1. The fourth-order valence-electron chi connectivity index (χ4n) is 6.65. The third kappa shape index (κ3) is 0.388. The standard InChI is InChI=1S/C12H12O3/c13-11-7-3-4-6(7)10-8(11)5(3)9(4)12(10)14-1-2-15-12/h3-10H,1-2H2/t3-,4+,5-,6+,7-,8-,9-,10+/m1/s1. The maximum Gasteiger partial charge on any atom is 0.175 e. The predicted molar refractivity (Wildman–Crippen MR) is 47.6 cm³/mol. The second-order valence-corrected chi connectivity index (χ2v) is 6.23. The van der Waals surface area contributed by atoms with Crippen molar-refractivity contribution in [3.63, 3.8) is 0 Å². The van der Waals surface area contributed by atoms with Crippen molar-refractivity contribution in [3.8, 4) is 0 Å². The van der Waals surface area contributed by atoms with Gasteiger partial charge in [0.2, 0.25) is 0 Å². The average Bonchev–Trinajstić information content (AvgIpc) is 2.87. The highest BCUT2D eigenvalue weighted by atomic mass is 16.7. The average molecular weight is 204 g/mol. The summed E-state index contributed by atoms with van der Waals surface area (Å²) in [5.41, 5.74) is 0. The lowest BCUT2D eigenvalue weighted by Gasteiger charge is -2.61. The van der Waals surface area contributed by atoms with E-state index in [1.54, 1.807) is 0 Å². The largest absolute Gasteiger partial charge is 0.347 e.